The number of nitrogens with one attached hydrogen (secondary N) is 2. The molecule has 238 valence electrons. The highest BCUT2D eigenvalue weighted by molar-refractivity contribution is 6.03. The monoisotopic (exact) mass is 618 g/mol. The van der Waals surface area contributed by atoms with Crippen molar-refractivity contribution >= 4 is 28.4 Å². The highest BCUT2D eigenvalue weighted by Gasteiger charge is 2.24. The summed E-state index contributed by atoms with van der Waals surface area (Å²) in [4.78, 5) is 36.3. The molecule has 3 aromatic carbocycles. The summed E-state index contributed by atoms with van der Waals surface area (Å²) in [5.41, 5.74) is 6.22. The summed E-state index contributed by atoms with van der Waals surface area (Å²) in [6, 6.07) is 27.1. The standard InChI is InChI=1S/C38H42N4O4/c1-25(2)32-22-30(28-13-8-15-31(21-28)46-20-10-19-43)23-33(26(3)4)35(32)40-38(45)42(18-16-27-11-6-5-7-12-27)34-24-29-14-9-17-39-36(29)41-37(34)44/h5-9,11-15,17,21-26,43H,10,16,18-20H2,1-4H3,(H,40,45)(H,39,41,44). The van der Waals surface area contributed by atoms with E-state index in [1.165, 1.54) is 4.90 Å². The number of benzene rings is 3. The zero-order chi connectivity index (χ0) is 32.6. The van der Waals surface area contributed by atoms with E-state index in [1.807, 2.05) is 60.7 Å². The summed E-state index contributed by atoms with van der Waals surface area (Å²) in [5.74, 6) is 0.944. The number of hydrogen-bond acceptors (Lipinski definition) is 5. The molecule has 5 rings (SSSR count). The Hall–Kier alpha value is -4.95. The van der Waals surface area contributed by atoms with Crippen molar-refractivity contribution in [2.24, 2.45) is 0 Å². The maximum atomic E-state index is 14.3. The highest BCUT2D eigenvalue weighted by atomic mass is 16.5. The van der Waals surface area contributed by atoms with Gasteiger partial charge in [0, 0.05) is 36.8 Å². The van der Waals surface area contributed by atoms with Crippen LogP contribution in [0.2, 0.25) is 0 Å². The van der Waals surface area contributed by atoms with Crippen LogP contribution in [-0.2, 0) is 6.42 Å². The summed E-state index contributed by atoms with van der Waals surface area (Å²) < 4.78 is 5.85. The first-order valence-corrected chi connectivity index (χ1v) is 15.9. The molecule has 0 fully saturated rings. The fourth-order valence-corrected chi connectivity index (χ4v) is 5.54. The predicted octanol–water partition coefficient (Wildman–Crippen LogP) is 7.88. The Kier molecular flexibility index (Phi) is 10.5. The second-order valence-corrected chi connectivity index (χ2v) is 12.0. The van der Waals surface area contributed by atoms with Gasteiger partial charge in [0.2, 0.25) is 0 Å². The number of amides is 2. The Balaban J connectivity index is 1.54. The van der Waals surface area contributed by atoms with Crippen molar-refractivity contribution in [1.29, 1.82) is 0 Å². The Bertz CT molecular complexity index is 1820. The molecule has 0 saturated carbocycles. The third-order valence-electron chi connectivity index (χ3n) is 8.01. The number of aliphatic hydroxyl groups excluding tert-OH is 1. The molecule has 0 unspecified atom stereocenters. The Morgan fingerprint density at radius 3 is 2.35 bits per heavy atom. The number of pyridine rings is 2. The highest BCUT2D eigenvalue weighted by Crippen LogP contribution is 2.38. The van der Waals surface area contributed by atoms with Crippen molar-refractivity contribution in [1.82, 2.24) is 9.97 Å². The maximum Gasteiger partial charge on any atom is 0.326 e. The molecule has 0 radical (unpaired) electrons. The number of urea groups is 1. The third kappa shape index (κ3) is 7.64. The van der Waals surface area contributed by atoms with Gasteiger partial charge >= 0.3 is 6.03 Å². The van der Waals surface area contributed by atoms with Crippen molar-refractivity contribution < 1.29 is 14.6 Å². The van der Waals surface area contributed by atoms with Crippen molar-refractivity contribution in [2.45, 2.75) is 52.4 Å². The van der Waals surface area contributed by atoms with Crippen molar-refractivity contribution in [3.05, 3.63) is 118 Å². The normalized spacial score (nSPS) is 11.3. The van der Waals surface area contributed by atoms with E-state index < -0.39 is 0 Å². The summed E-state index contributed by atoms with van der Waals surface area (Å²) in [5, 5.41) is 13.1. The lowest BCUT2D eigenvalue weighted by molar-refractivity contribution is 0.233. The zero-order valence-electron chi connectivity index (χ0n) is 26.9. The van der Waals surface area contributed by atoms with Gasteiger partial charge in [-0.05, 0) is 88.5 Å². The van der Waals surface area contributed by atoms with E-state index in [1.54, 1.807) is 18.3 Å². The van der Waals surface area contributed by atoms with Gasteiger partial charge in [0.1, 0.15) is 17.1 Å². The lowest BCUT2D eigenvalue weighted by Gasteiger charge is -2.27. The van der Waals surface area contributed by atoms with Crippen LogP contribution in [0.4, 0.5) is 16.2 Å². The molecule has 2 heterocycles. The van der Waals surface area contributed by atoms with E-state index in [2.05, 4.69) is 55.1 Å². The largest absolute Gasteiger partial charge is 0.493 e. The number of fused-ring (bicyclic) bond motifs is 1. The average molecular weight is 619 g/mol. The van der Waals surface area contributed by atoms with Crippen LogP contribution in [0.25, 0.3) is 22.2 Å². The van der Waals surface area contributed by atoms with E-state index in [4.69, 9.17) is 9.84 Å². The summed E-state index contributed by atoms with van der Waals surface area (Å²) in [6.45, 7) is 9.28. The number of hydrogen-bond donors (Lipinski definition) is 3. The first-order chi connectivity index (χ1) is 22.2. The first kappa shape index (κ1) is 32.4. The number of nitrogens with zero attached hydrogens (tertiary/aromatic N) is 2. The molecular weight excluding hydrogens is 576 g/mol. The molecule has 3 N–H and O–H groups in total. The third-order valence-corrected chi connectivity index (χ3v) is 8.01. The van der Waals surface area contributed by atoms with Crippen LogP contribution in [0.3, 0.4) is 0 Å². The number of rotatable bonds is 12. The van der Waals surface area contributed by atoms with E-state index in [-0.39, 0.29) is 35.7 Å². The topological polar surface area (TPSA) is 108 Å². The van der Waals surface area contributed by atoms with Crippen LogP contribution in [0.1, 0.15) is 62.6 Å². The van der Waals surface area contributed by atoms with Gasteiger partial charge in [0.15, 0.2) is 0 Å². The molecular formula is C38H42N4O4. The predicted molar refractivity (Wildman–Crippen MR) is 186 cm³/mol. The lowest BCUT2D eigenvalue weighted by atomic mass is 9.88. The minimum atomic E-state index is -0.376. The van der Waals surface area contributed by atoms with Gasteiger partial charge in [-0.15, -0.1) is 0 Å². The first-order valence-electron chi connectivity index (χ1n) is 15.9. The number of ether oxygens (including phenoxy) is 1. The number of aromatic amines is 1. The van der Waals surface area contributed by atoms with Crippen LogP contribution in [0.5, 0.6) is 5.75 Å². The van der Waals surface area contributed by atoms with Crippen LogP contribution >= 0.6 is 0 Å². The molecule has 46 heavy (non-hydrogen) atoms. The molecule has 8 heteroatoms. The molecule has 8 nitrogen and oxygen atoms in total. The average Bonchev–Trinajstić information content (AvgIpc) is 3.05. The molecule has 0 bridgehead atoms. The molecule has 0 aliphatic carbocycles. The smallest absolute Gasteiger partial charge is 0.326 e. The molecule has 0 aliphatic rings. The molecule has 0 spiro atoms. The maximum absolute atomic E-state index is 14.3. The van der Waals surface area contributed by atoms with Gasteiger partial charge in [-0.3, -0.25) is 9.69 Å². The van der Waals surface area contributed by atoms with Gasteiger partial charge < -0.3 is 20.1 Å². The lowest BCUT2D eigenvalue weighted by Crippen LogP contribution is -2.40. The van der Waals surface area contributed by atoms with E-state index in [0.717, 1.165) is 44.6 Å². The molecule has 2 amide bonds. The minimum absolute atomic E-state index is 0.0819. The Labute approximate surface area is 270 Å². The number of aromatic nitrogens is 2. The van der Waals surface area contributed by atoms with Crippen LogP contribution < -0.4 is 20.5 Å². The Morgan fingerprint density at radius 1 is 0.913 bits per heavy atom. The van der Waals surface area contributed by atoms with E-state index in [9.17, 15) is 9.59 Å². The van der Waals surface area contributed by atoms with Gasteiger partial charge in [0.25, 0.3) is 5.56 Å². The fourth-order valence-electron chi connectivity index (χ4n) is 5.54. The molecule has 0 saturated heterocycles. The number of aliphatic hydroxyl groups is 1. The van der Waals surface area contributed by atoms with Gasteiger partial charge in [-0.1, -0.05) is 70.2 Å². The van der Waals surface area contributed by atoms with E-state index in [0.29, 0.717) is 31.6 Å². The summed E-state index contributed by atoms with van der Waals surface area (Å²) in [6.07, 6.45) is 2.77. The fraction of sp³-hybridized carbons (Fsp3) is 0.289. The van der Waals surface area contributed by atoms with Crippen LogP contribution in [-0.4, -0.2) is 40.9 Å². The summed E-state index contributed by atoms with van der Waals surface area (Å²) in [7, 11) is 0. The van der Waals surface area contributed by atoms with Crippen molar-refractivity contribution in [3.8, 4) is 16.9 Å². The van der Waals surface area contributed by atoms with Gasteiger partial charge in [-0.25, -0.2) is 9.78 Å². The molecule has 2 aromatic heterocycles. The summed E-state index contributed by atoms with van der Waals surface area (Å²) >= 11 is 0. The number of carbonyl (C=O) groups is 1. The van der Waals surface area contributed by atoms with Crippen LogP contribution in [0.15, 0.2) is 95.9 Å². The van der Waals surface area contributed by atoms with Gasteiger partial charge in [-0.2, -0.15) is 0 Å². The van der Waals surface area contributed by atoms with Crippen LogP contribution in [0, 0.1) is 0 Å². The number of carbonyl (C=O) groups excluding carboxylic acids is 1. The molecule has 5 aromatic rings. The second-order valence-electron chi connectivity index (χ2n) is 12.0. The second kappa shape index (κ2) is 14.9. The van der Waals surface area contributed by atoms with Crippen molar-refractivity contribution in [3.63, 3.8) is 0 Å². The minimum Gasteiger partial charge on any atom is -0.493 e. The Morgan fingerprint density at radius 2 is 1.65 bits per heavy atom. The number of anilines is 2. The van der Waals surface area contributed by atoms with Gasteiger partial charge in [0.05, 0.1) is 6.61 Å². The van der Waals surface area contributed by atoms with Crippen molar-refractivity contribution in [2.75, 3.05) is 30.0 Å². The SMILES string of the molecule is CC(C)c1cc(-c2cccc(OCCCO)c2)cc(C(C)C)c1NC(=O)N(CCc1ccccc1)c1cc2cccnc2[nH]c1=O. The molecule has 0 aliphatic heterocycles. The number of H-pyrrole nitrogens is 1. The zero-order valence-corrected chi connectivity index (χ0v) is 26.9. The van der Waals surface area contributed by atoms with E-state index >= 15 is 0 Å². The quantitative estimate of drug-likeness (QED) is 0.123. The molecule has 0 atom stereocenters.